The van der Waals surface area contributed by atoms with E-state index in [1.165, 1.54) is 0 Å². The van der Waals surface area contributed by atoms with Crippen LogP contribution in [0.3, 0.4) is 0 Å². The van der Waals surface area contributed by atoms with Crippen LogP contribution in [0.5, 0.6) is 11.5 Å². The number of rotatable bonds is 11. The summed E-state index contributed by atoms with van der Waals surface area (Å²) < 4.78 is 11.3. The van der Waals surface area contributed by atoms with Crippen LogP contribution in [0.15, 0.2) is 42.5 Å². The molecule has 2 amide bonds. The largest absolute Gasteiger partial charge is 0.490 e. The summed E-state index contributed by atoms with van der Waals surface area (Å²) in [6.07, 6.45) is 0.791. The lowest BCUT2D eigenvalue weighted by molar-refractivity contribution is -0.140. The van der Waals surface area contributed by atoms with Gasteiger partial charge >= 0.3 is 0 Å². The zero-order chi connectivity index (χ0) is 22.8. The predicted octanol–water partition coefficient (Wildman–Crippen LogP) is 4.23. The van der Waals surface area contributed by atoms with Crippen molar-refractivity contribution in [1.82, 2.24) is 10.2 Å². The topological polar surface area (TPSA) is 67.9 Å². The third-order valence-corrected chi connectivity index (χ3v) is 5.13. The first-order valence-corrected chi connectivity index (χ1v) is 10.9. The van der Waals surface area contributed by atoms with Gasteiger partial charge in [0.15, 0.2) is 11.5 Å². The first-order valence-electron chi connectivity index (χ1n) is 10.5. The first-order chi connectivity index (χ1) is 14.9. The highest BCUT2D eigenvalue weighted by Crippen LogP contribution is 2.29. The summed E-state index contributed by atoms with van der Waals surface area (Å²) in [5.41, 5.74) is 1.84. The average Bonchev–Trinajstić information content (AvgIpc) is 2.76. The molecule has 0 aromatic heterocycles. The minimum absolute atomic E-state index is 0.108. The van der Waals surface area contributed by atoms with Crippen LogP contribution in [-0.2, 0) is 22.6 Å². The Balaban J connectivity index is 2.15. The molecule has 0 aliphatic rings. The van der Waals surface area contributed by atoms with Gasteiger partial charge in [-0.1, -0.05) is 29.8 Å². The highest BCUT2D eigenvalue weighted by Gasteiger charge is 2.25. The van der Waals surface area contributed by atoms with Gasteiger partial charge in [0.2, 0.25) is 11.8 Å². The Morgan fingerprint density at radius 2 is 1.74 bits per heavy atom. The lowest BCUT2D eigenvalue weighted by Gasteiger charge is -2.28. The molecule has 6 nitrogen and oxygen atoms in total. The van der Waals surface area contributed by atoms with Crippen molar-refractivity contribution in [3.05, 3.63) is 58.6 Å². The molecule has 0 saturated carbocycles. The van der Waals surface area contributed by atoms with Gasteiger partial charge in [0, 0.05) is 25.0 Å². The molecule has 1 N–H and O–H groups in total. The van der Waals surface area contributed by atoms with Crippen molar-refractivity contribution in [3.8, 4) is 11.5 Å². The second-order valence-electron chi connectivity index (χ2n) is 7.09. The molecule has 0 bridgehead atoms. The number of amides is 2. The van der Waals surface area contributed by atoms with Crippen LogP contribution in [0.25, 0.3) is 0 Å². The molecular formula is C24H31ClN2O4. The highest BCUT2D eigenvalue weighted by molar-refractivity contribution is 6.30. The zero-order valence-electron chi connectivity index (χ0n) is 18.6. The summed E-state index contributed by atoms with van der Waals surface area (Å²) >= 11 is 6.09. The van der Waals surface area contributed by atoms with Gasteiger partial charge in [-0.2, -0.15) is 0 Å². The smallest absolute Gasteiger partial charge is 0.242 e. The van der Waals surface area contributed by atoms with Crippen molar-refractivity contribution >= 4 is 23.4 Å². The molecule has 0 aliphatic heterocycles. The number of carbonyl (C=O) groups excluding carboxylic acids is 2. The van der Waals surface area contributed by atoms with E-state index in [9.17, 15) is 9.59 Å². The zero-order valence-corrected chi connectivity index (χ0v) is 19.4. The third-order valence-electron chi connectivity index (χ3n) is 4.89. The molecular weight excluding hydrogens is 416 g/mol. The number of nitrogens with one attached hydrogen (secondary N) is 1. The Morgan fingerprint density at radius 1 is 1.03 bits per heavy atom. The van der Waals surface area contributed by atoms with Crippen LogP contribution in [-0.4, -0.2) is 43.0 Å². The number of likely N-dealkylation sites (N-methyl/N-ethyl adjacent to an activating group) is 1. The molecule has 31 heavy (non-hydrogen) atoms. The summed E-state index contributed by atoms with van der Waals surface area (Å²) in [7, 11) is 1.57. The van der Waals surface area contributed by atoms with Crippen molar-refractivity contribution in [2.24, 2.45) is 0 Å². The van der Waals surface area contributed by atoms with Crippen LogP contribution in [0.2, 0.25) is 5.02 Å². The van der Waals surface area contributed by atoms with Crippen molar-refractivity contribution in [2.75, 3.05) is 20.3 Å². The summed E-state index contributed by atoms with van der Waals surface area (Å²) in [4.78, 5) is 26.9. The van der Waals surface area contributed by atoms with Crippen LogP contribution < -0.4 is 14.8 Å². The lowest BCUT2D eigenvalue weighted by atomic mass is 10.1. The van der Waals surface area contributed by atoms with Crippen LogP contribution in [0, 0.1) is 0 Å². The number of hydrogen-bond acceptors (Lipinski definition) is 4. The molecule has 1 atom stereocenters. The monoisotopic (exact) mass is 446 g/mol. The van der Waals surface area contributed by atoms with Gasteiger partial charge in [0.05, 0.1) is 13.2 Å². The number of ether oxygens (including phenoxy) is 2. The van der Waals surface area contributed by atoms with Gasteiger partial charge in [0.1, 0.15) is 6.04 Å². The van der Waals surface area contributed by atoms with Crippen LogP contribution in [0.4, 0.5) is 0 Å². The number of halogens is 1. The fourth-order valence-corrected chi connectivity index (χ4v) is 3.48. The molecule has 0 aliphatic carbocycles. The Kier molecular flexibility index (Phi) is 9.66. The van der Waals surface area contributed by atoms with Crippen molar-refractivity contribution in [2.45, 2.75) is 46.2 Å². The summed E-state index contributed by atoms with van der Waals surface area (Å²) in [6.45, 7) is 6.95. The van der Waals surface area contributed by atoms with E-state index in [1.807, 2.05) is 44.2 Å². The molecule has 7 heteroatoms. The normalized spacial score (nSPS) is 11.5. The van der Waals surface area contributed by atoms with E-state index in [0.29, 0.717) is 42.7 Å². The number of aryl methyl sites for hydroxylation is 1. The van der Waals surface area contributed by atoms with Crippen molar-refractivity contribution < 1.29 is 19.1 Å². The second kappa shape index (κ2) is 12.2. The van der Waals surface area contributed by atoms with E-state index in [1.54, 1.807) is 31.0 Å². The molecule has 0 saturated heterocycles. The third kappa shape index (κ3) is 7.17. The van der Waals surface area contributed by atoms with Gasteiger partial charge in [-0.05, 0) is 62.6 Å². The molecule has 0 spiro atoms. The number of benzene rings is 2. The number of carbonyl (C=O) groups is 2. The number of nitrogens with zero attached hydrogens (tertiary/aromatic N) is 1. The van der Waals surface area contributed by atoms with E-state index in [0.717, 1.165) is 11.1 Å². The molecule has 0 unspecified atom stereocenters. The minimum atomic E-state index is -0.601. The molecule has 2 rings (SSSR count). The SMILES string of the molecule is CCOc1ccc(CCC(=O)N(Cc2cccc(Cl)c2)[C@H](C)C(=O)NC)cc1OCC. The minimum Gasteiger partial charge on any atom is -0.490 e. The maximum absolute atomic E-state index is 13.1. The highest BCUT2D eigenvalue weighted by atomic mass is 35.5. The van der Waals surface area contributed by atoms with E-state index < -0.39 is 6.04 Å². The van der Waals surface area contributed by atoms with Gasteiger partial charge in [-0.15, -0.1) is 0 Å². The average molecular weight is 447 g/mol. The Labute approximate surface area is 189 Å². The quantitative estimate of drug-likeness (QED) is 0.560. The molecule has 0 fully saturated rings. The van der Waals surface area contributed by atoms with E-state index >= 15 is 0 Å². The number of hydrogen-bond donors (Lipinski definition) is 1. The van der Waals surface area contributed by atoms with Gasteiger partial charge in [0.25, 0.3) is 0 Å². The summed E-state index contributed by atoms with van der Waals surface area (Å²) in [6, 6.07) is 12.4. The lowest BCUT2D eigenvalue weighted by Crippen LogP contribution is -2.46. The van der Waals surface area contributed by atoms with Crippen LogP contribution >= 0.6 is 11.6 Å². The maximum atomic E-state index is 13.1. The van der Waals surface area contributed by atoms with Crippen molar-refractivity contribution in [3.63, 3.8) is 0 Å². The fraction of sp³-hybridized carbons (Fsp3) is 0.417. The Hall–Kier alpha value is -2.73. The van der Waals surface area contributed by atoms with Gasteiger partial charge in [-0.3, -0.25) is 9.59 Å². The first kappa shape index (κ1) is 24.5. The van der Waals surface area contributed by atoms with Crippen molar-refractivity contribution in [1.29, 1.82) is 0 Å². The maximum Gasteiger partial charge on any atom is 0.242 e. The molecule has 0 radical (unpaired) electrons. The summed E-state index contributed by atoms with van der Waals surface area (Å²) in [5.74, 6) is 1.04. The summed E-state index contributed by atoms with van der Waals surface area (Å²) in [5, 5.41) is 3.21. The second-order valence-corrected chi connectivity index (χ2v) is 7.53. The molecule has 2 aromatic carbocycles. The molecule has 168 valence electrons. The predicted molar refractivity (Wildman–Crippen MR) is 123 cm³/mol. The fourth-order valence-electron chi connectivity index (χ4n) is 3.27. The molecule has 2 aromatic rings. The van der Waals surface area contributed by atoms with E-state index in [4.69, 9.17) is 21.1 Å². The Bertz CT molecular complexity index is 888. The van der Waals surface area contributed by atoms with Gasteiger partial charge < -0.3 is 19.7 Å². The van der Waals surface area contributed by atoms with Crippen LogP contribution in [0.1, 0.15) is 38.3 Å². The Morgan fingerprint density at radius 3 is 2.39 bits per heavy atom. The van der Waals surface area contributed by atoms with E-state index in [-0.39, 0.29) is 18.2 Å². The van der Waals surface area contributed by atoms with Gasteiger partial charge in [-0.25, -0.2) is 0 Å². The standard InChI is InChI=1S/C24H31ClN2O4/c1-5-30-21-12-10-18(15-22(21)31-6-2)11-13-23(28)27(17(3)24(29)26-4)16-19-8-7-9-20(25)14-19/h7-10,12,14-15,17H,5-6,11,13,16H2,1-4H3,(H,26,29)/t17-/m1/s1. The van der Waals surface area contributed by atoms with E-state index in [2.05, 4.69) is 5.32 Å². The molecule has 0 heterocycles.